The Balaban J connectivity index is 1.83. The number of halogens is 2. The van der Waals surface area contributed by atoms with Gasteiger partial charge in [0.2, 0.25) is 5.91 Å². The van der Waals surface area contributed by atoms with Crippen LogP contribution in [-0.2, 0) is 4.79 Å². The van der Waals surface area contributed by atoms with Crippen molar-refractivity contribution in [1.82, 2.24) is 14.9 Å². The second kappa shape index (κ2) is 8.89. The zero-order valence-electron chi connectivity index (χ0n) is 16.6. The number of carbonyl (C=O) groups is 2. The first-order valence-electron chi connectivity index (χ1n) is 9.48. The van der Waals surface area contributed by atoms with Crippen LogP contribution in [0.3, 0.4) is 0 Å². The van der Waals surface area contributed by atoms with Crippen molar-refractivity contribution in [3.05, 3.63) is 48.5 Å². The van der Waals surface area contributed by atoms with Crippen molar-refractivity contribution >= 4 is 28.7 Å². The molecule has 0 bridgehead atoms. The van der Waals surface area contributed by atoms with Crippen LogP contribution in [0.1, 0.15) is 26.8 Å². The molecule has 0 saturated carbocycles. The number of nitrogens with one attached hydrogen (secondary N) is 2. The first-order chi connectivity index (χ1) is 14.3. The standard InChI is InChI=1S/C21H23F2N5O2/c1-12(2)11-16(27-21(24)30)19(29)25-14-9-7-13(8-10-14)18-26-15-5-3-4-6-17(15)28(18)20(22)23/h3-10,12,16,20H,11H2,1-2H3,(H,25,29)(H3,24,27,30)/t16-/m0/s1. The van der Waals surface area contributed by atoms with Crippen molar-refractivity contribution in [2.75, 3.05) is 5.32 Å². The summed E-state index contributed by atoms with van der Waals surface area (Å²) < 4.78 is 28.2. The molecule has 3 aromatic rings. The van der Waals surface area contributed by atoms with Crippen molar-refractivity contribution in [2.45, 2.75) is 32.9 Å². The van der Waals surface area contributed by atoms with Gasteiger partial charge in [0.15, 0.2) is 0 Å². The molecule has 0 aliphatic rings. The Labute approximate surface area is 172 Å². The van der Waals surface area contributed by atoms with Gasteiger partial charge in [0.05, 0.1) is 11.0 Å². The summed E-state index contributed by atoms with van der Waals surface area (Å²) in [6.45, 7) is 1.10. The Kier molecular flexibility index (Phi) is 6.29. The molecule has 0 fully saturated rings. The minimum Gasteiger partial charge on any atom is -0.352 e. The van der Waals surface area contributed by atoms with Crippen molar-refractivity contribution in [3.8, 4) is 11.4 Å². The maximum atomic E-state index is 13.6. The van der Waals surface area contributed by atoms with Crippen molar-refractivity contribution in [1.29, 1.82) is 0 Å². The average molecular weight is 415 g/mol. The molecule has 3 amide bonds. The number of primary amides is 1. The first-order valence-corrected chi connectivity index (χ1v) is 9.48. The molecule has 0 radical (unpaired) electrons. The normalized spacial score (nSPS) is 12.3. The topological polar surface area (TPSA) is 102 Å². The number of nitrogens with zero attached hydrogens (tertiary/aromatic N) is 2. The average Bonchev–Trinajstić information content (AvgIpc) is 3.07. The zero-order valence-corrected chi connectivity index (χ0v) is 16.6. The number of urea groups is 1. The second-order valence-corrected chi connectivity index (χ2v) is 7.33. The van der Waals surface area contributed by atoms with Crippen molar-refractivity contribution < 1.29 is 18.4 Å². The lowest BCUT2D eigenvalue weighted by Gasteiger charge is -2.19. The van der Waals surface area contributed by atoms with Crippen LogP contribution in [0, 0.1) is 5.92 Å². The fraction of sp³-hybridized carbons (Fsp3) is 0.286. The zero-order chi connectivity index (χ0) is 21.8. The van der Waals surface area contributed by atoms with Crippen molar-refractivity contribution in [3.63, 3.8) is 0 Å². The van der Waals surface area contributed by atoms with Crippen LogP contribution in [0.15, 0.2) is 48.5 Å². The number of fused-ring (bicyclic) bond motifs is 1. The number of hydrogen-bond acceptors (Lipinski definition) is 3. The van der Waals surface area contributed by atoms with Gasteiger partial charge in [-0.25, -0.2) is 9.78 Å². The van der Waals surface area contributed by atoms with Gasteiger partial charge in [-0.1, -0.05) is 26.0 Å². The maximum absolute atomic E-state index is 13.6. The van der Waals surface area contributed by atoms with E-state index in [1.165, 1.54) is 0 Å². The van der Waals surface area contributed by atoms with Crippen LogP contribution >= 0.6 is 0 Å². The predicted octanol–water partition coefficient (Wildman–Crippen LogP) is 4.12. The molecule has 1 heterocycles. The van der Waals surface area contributed by atoms with Crippen molar-refractivity contribution in [2.24, 2.45) is 11.7 Å². The van der Waals surface area contributed by atoms with E-state index >= 15 is 0 Å². The molecular formula is C21H23F2N5O2. The summed E-state index contributed by atoms with van der Waals surface area (Å²) >= 11 is 0. The number of benzene rings is 2. The molecule has 0 unspecified atom stereocenters. The highest BCUT2D eigenvalue weighted by Gasteiger charge is 2.22. The van der Waals surface area contributed by atoms with E-state index in [2.05, 4.69) is 15.6 Å². The molecule has 9 heteroatoms. The summed E-state index contributed by atoms with van der Waals surface area (Å²) in [6.07, 6.45) is 0.422. The smallest absolute Gasteiger partial charge is 0.320 e. The maximum Gasteiger partial charge on any atom is 0.320 e. The van der Waals surface area contributed by atoms with E-state index in [9.17, 15) is 18.4 Å². The molecule has 0 spiro atoms. The third kappa shape index (κ3) is 4.73. The molecule has 7 nitrogen and oxygen atoms in total. The van der Waals surface area contributed by atoms with Gasteiger partial charge < -0.3 is 16.4 Å². The van der Waals surface area contributed by atoms with E-state index in [0.29, 0.717) is 28.7 Å². The third-order valence-corrected chi connectivity index (χ3v) is 4.54. The molecule has 0 saturated heterocycles. The molecule has 30 heavy (non-hydrogen) atoms. The predicted molar refractivity (Wildman–Crippen MR) is 111 cm³/mol. The molecule has 0 aliphatic heterocycles. The first kappa shape index (κ1) is 21.2. The van der Waals surface area contributed by atoms with Gasteiger partial charge >= 0.3 is 12.6 Å². The van der Waals surface area contributed by atoms with Crippen LogP contribution in [-0.4, -0.2) is 27.5 Å². The fourth-order valence-electron chi connectivity index (χ4n) is 3.25. The Morgan fingerprint density at radius 3 is 2.37 bits per heavy atom. The lowest BCUT2D eigenvalue weighted by atomic mass is 10.0. The molecule has 2 aromatic carbocycles. The number of nitrogens with two attached hydrogens (primary N) is 1. The van der Waals surface area contributed by atoms with E-state index < -0.39 is 24.5 Å². The highest BCUT2D eigenvalue weighted by molar-refractivity contribution is 5.97. The molecule has 4 N–H and O–H groups in total. The van der Waals surface area contributed by atoms with Crippen LogP contribution in [0.25, 0.3) is 22.4 Å². The largest absolute Gasteiger partial charge is 0.352 e. The van der Waals surface area contributed by atoms with Gasteiger partial charge in [0.1, 0.15) is 11.9 Å². The Hall–Kier alpha value is -3.49. The lowest BCUT2D eigenvalue weighted by Crippen LogP contribution is -2.46. The van der Waals surface area contributed by atoms with Gasteiger partial charge in [0.25, 0.3) is 0 Å². The monoisotopic (exact) mass is 415 g/mol. The summed E-state index contributed by atoms with van der Waals surface area (Å²) in [5, 5.41) is 5.14. The third-order valence-electron chi connectivity index (χ3n) is 4.54. The molecule has 1 aromatic heterocycles. The number of amides is 3. The Morgan fingerprint density at radius 2 is 1.77 bits per heavy atom. The van der Waals surface area contributed by atoms with Crippen LogP contribution < -0.4 is 16.4 Å². The minimum atomic E-state index is -2.75. The minimum absolute atomic E-state index is 0.136. The summed E-state index contributed by atoms with van der Waals surface area (Å²) in [6, 6.07) is 11.5. The van der Waals surface area contributed by atoms with Gasteiger partial charge in [-0.3, -0.25) is 9.36 Å². The number of anilines is 1. The summed E-state index contributed by atoms with van der Waals surface area (Å²) in [4.78, 5) is 28.0. The number of hydrogen-bond donors (Lipinski definition) is 3. The molecule has 158 valence electrons. The lowest BCUT2D eigenvalue weighted by molar-refractivity contribution is -0.118. The molecule has 0 aliphatic carbocycles. The molecule has 3 rings (SSSR count). The molecule has 1 atom stereocenters. The number of imidazole rings is 1. The SMILES string of the molecule is CC(C)C[C@H](NC(N)=O)C(=O)Nc1ccc(-c2nc3ccccc3n2C(F)F)cc1. The Bertz CT molecular complexity index is 1050. The van der Waals surface area contributed by atoms with Gasteiger partial charge in [-0.15, -0.1) is 0 Å². The van der Waals surface area contributed by atoms with Crippen LogP contribution in [0.5, 0.6) is 0 Å². The number of alkyl halides is 2. The second-order valence-electron chi connectivity index (χ2n) is 7.33. The summed E-state index contributed by atoms with van der Waals surface area (Å²) in [7, 11) is 0. The fourth-order valence-corrected chi connectivity index (χ4v) is 3.25. The number of aromatic nitrogens is 2. The van der Waals surface area contributed by atoms with Gasteiger partial charge in [-0.2, -0.15) is 8.78 Å². The van der Waals surface area contributed by atoms with Gasteiger partial charge in [0, 0.05) is 11.3 Å². The van der Waals surface area contributed by atoms with E-state index in [1.54, 1.807) is 48.5 Å². The number of para-hydroxylation sites is 2. The van der Waals surface area contributed by atoms with E-state index in [-0.39, 0.29) is 11.7 Å². The van der Waals surface area contributed by atoms with Crippen LogP contribution in [0.4, 0.5) is 19.3 Å². The highest BCUT2D eigenvalue weighted by atomic mass is 19.3. The quantitative estimate of drug-likeness (QED) is 0.541. The van der Waals surface area contributed by atoms with E-state index in [0.717, 1.165) is 4.57 Å². The summed E-state index contributed by atoms with van der Waals surface area (Å²) in [5.41, 5.74) is 6.91. The highest BCUT2D eigenvalue weighted by Crippen LogP contribution is 2.30. The van der Waals surface area contributed by atoms with Crippen LogP contribution in [0.2, 0.25) is 0 Å². The summed E-state index contributed by atoms with van der Waals surface area (Å²) in [5.74, 6) is -0.107. The number of carbonyl (C=O) groups excluding carboxylic acids is 2. The number of rotatable bonds is 7. The van der Waals surface area contributed by atoms with E-state index in [4.69, 9.17) is 5.73 Å². The Morgan fingerprint density at radius 1 is 1.10 bits per heavy atom. The van der Waals surface area contributed by atoms with E-state index in [1.807, 2.05) is 13.8 Å². The van der Waals surface area contributed by atoms with Gasteiger partial charge in [-0.05, 0) is 48.7 Å². The molecular weight excluding hydrogens is 392 g/mol.